The number of aromatic nitrogens is 2. The molecule has 0 aromatic carbocycles. The summed E-state index contributed by atoms with van der Waals surface area (Å²) >= 11 is 0. The van der Waals surface area contributed by atoms with Gasteiger partial charge in [0, 0.05) is 18.5 Å². The van der Waals surface area contributed by atoms with E-state index < -0.39 is 0 Å². The monoisotopic (exact) mass is 266 g/mol. The molecule has 108 valence electrons. The summed E-state index contributed by atoms with van der Waals surface area (Å²) < 4.78 is 0. The van der Waals surface area contributed by atoms with Crippen molar-refractivity contribution >= 4 is 11.6 Å². The van der Waals surface area contributed by atoms with Gasteiger partial charge in [-0.2, -0.15) is 0 Å². The highest BCUT2D eigenvalue weighted by atomic mass is 16.3. The molecule has 0 amide bonds. The highest BCUT2D eigenvalue weighted by molar-refractivity contribution is 5.48. The number of hydrogen-bond acceptors (Lipinski definition) is 5. The van der Waals surface area contributed by atoms with Gasteiger partial charge in [-0.3, -0.25) is 0 Å². The Labute approximate surface area is 115 Å². The average molecular weight is 266 g/mol. The largest absolute Gasteiger partial charge is 0.394 e. The molecule has 0 fully saturated rings. The summed E-state index contributed by atoms with van der Waals surface area (Å²) in [6, 6.07) is 1.85. The van der Waals surface area contributed by atoms with Crippen LogP contribution >= 0.6 is 0 Å². The molecule has 19 heavy (non-hydrogen) atoms. The predicted octanol–water partition coefficient (Wildman–Crippen LogP) is 2.24. The molecule has 0 saturated heterocycles. The Morgan fingerprint density at radius 1 is 1.21 bits per heavy atom. The number of hydrogen-bond donors (Lipinski definition) is 3. The van der Waals surface area contributed by atoms with Gasteiger partial charge >= 0.3 is 0 Å². The molecule has 0 aliphatic carbocycles. The summed E-state index contributed by atoms with van der Waals surface area (Å²) in [5.74, 6) is 2.64. The molecule has 0 radical (unpaired) electrons. The summed E-state index contributed by atoms with van der Waals surface area (Å²) in [7, 11) is 1.84. The summed E-state index contributed by atoms with van der Waals surface area (Å²) in [6.45, 7) is 10.5. The molecular weight excluding hydrogens is 240 g/mol. The highest BCUT2D eigenvalue weighted by Crippen LogP contribution is 2.23. The second kappa shape index (κ2) is 6.19. The topological polar surface area (TPSA) is 70.1 Å². The first kappa shape index (κ1) is 15.7. The zero-order valence-electron chi connectivity index (χ0n) is 12.8. The van der Waals surface area contributed by atoms with Crippen LogP contribution in [-0.2, 0) is 5.41 Å². The van der Waals surface area contributed by atoms with E-state index in [1.807, 2.05) is 13.1 Å². The van der Waals surface area contributed by atoms with Gasteiger partial charge in [0.05, 0.1) is 12.6 Å². The van der Waals surface area contributed by atoms with Gasteiger partial charge in [-0.25, -0.2) is 9.97 Å². The van der Waals surface area contributed by atoms with Crippen LogP contribution in [0.5, 0.6) is 0 Å². The molecule has 1 atom stereocenters. The lowest BCUT2D eigenvalue weighted by atomic mass is 9.95. The van der Waals surface area contributed by atoms with Crippen LogP contribution in [0.25, 0.3) is 0 Å². The van der Waals surface area contributed by atoms with Crippen LogP contribution in [0.3, 0.4) is 0 Å². The normalized spacial score (nSPS) is 13.5. The molecule has 1 rings (SSSR count). The van der Waals surface area contributed by atoms with Crippen molar-refractivity contribution in [2.45, 2.75) is 46.1 Å². The Bertz CT molecular complexity index is 412. The van der Waals surface area contributed by atoms with Gasteiger partial charge in [-0.1, -0.05) is 34.6 Å². The maximum atomic E-state index is 9.39. The van der Waals surface area contributed by atoms with Crippen LogP contribution in [0.4, 0.5) is 11.6 Å². The second-order valence-corrected chi connectivity index (χ2v) is 6.14. The van der Waals surface area contributed by atoms with Crippen LogP contribution in [0.1, 0.15) is 40.4 Å². The molecule has 0 aliphatic rings. The van der Waals surface area contributed by atoms with Crippen molar-refractivity contribution < 1.29 is 5.11 Å². The Hall–Kier alpha value is -1.36. The number of aliphatic hydroxyl groups excluding tert-OH is 1. The molecule has 3 N–H and O–H groups in total. The SMILES string of the molecule is CNc1cc(NC(CO)C(C)C)nc(C(C)(C)C)n1. The molecule has 5 nitrogen and oxygen atoms in total. The summed E-state index contributed by atoms with van der Waals surface area (Å²) in [5.41, 5.74) is -0.115. The van der Waals surface area contributed by atoms with Crippen LogP contribution in [0.15, 0.2) is 6.07 Å². The van der Waals surface area contributed by atoms with Crippen molar-refractivity contribution in [1.82, 2.24) is 9.97 Å². The third kappa shape index (κ3) is 4.35. The van der Waals surface area contributed by atoms with Crippen molar-refractivity contribution in [1.29, 1.82) is 0 Å². The Balaban J connectivity index is 3.07. The number of aliphatic hydroxyl groups is 1. The third-order valence-corrected chi connectivity index (χ3v) is 2.99. The van der Waals surface area contributed by atoms with Gasteiger partial charge in [0.2, 0.25) is 0 Å². The minimum absolute atomic E-state index is 0.00701. The van der Waals surface area contributed by atoms with Crippen molar-refractivity contribution in [3.05, 3.63) is 11.9 Å². The summed E-state index contributed by atoms with van der Waals surface area (Å²) in [6.07, 6.45) is 0. The third-order valence-electron chi connectivity index (χ3n) is 2.99. The van der Waals surface area contributed by atoms with Crippen molar-refractivity contribution in [2.24, 2.45) is 5.92 Å². The first-order valence-corrected chi connectivity index (χ1v) is 6.72. The van der Waals surface area contributed by atoms with Gasteiger partial charge in [0.25, 0.3) is 0 Å². The van der Waals surface area contributed by atoms with Crippen molar-refractivity contribution in [3.63, 3.8) is 0 Å². The lowest BCUT2D eigenvalue weighted by molar-refractivity contribution is 0.249. The molecule has 1 unspecified atom stereocenters. The standard InChI is InChI=1S/C14H26N4O/c1-9(2)10(8-19)16-12-7-11(15-6)17-13(18-12)14(3,4)5/h7,9-10,19H,8H2,1-6H3,(H2,15,16,17,18). The van der Waals surface area contributed by atoms with Crippen LogP contribution < -0.4 is 10.6 Å². The summed E-state index contributed by atoms with van der Waals surface area (Å²) in [5, 5.41) is 15.7. The van der Waals surface area contributed by atoms with E-state index in [9.17, 15) is 5.11 Å². The van der Waals surface area contributed by atoms with E-state index in [1.54, 1.807) is 0 Å². The average Bonchev–Trinajstić information content (AvgIpc) is 2.34. The molecule has 5 heteroatoms. The molecular formula is C14H26N4O. The number of nitrogens with zero attached hydrogens (tertiary/aromatic N) is 2. The Kier molecular flexibility index (Phi) is 5.11. The quantitative estimate of drug-likeness (QED) is 0.762. The number of nitrogens with one attached hydrogen (secondary N) is 2. The van der Waals surface area contributed by atoms with Gasteiger partial charge in [0.1, 0.15) is 17.5 Å². The molecule has 0 spiro atoms. The van der Waals surface area contributed by atoms with Crippen LogP contribution in [0, 0.1) is 5.92 Å². The van der Waals surface area contributed by atoms with Gasteiger partial charge in [-0.15, -0.1) is 0 Å². The first-order valence-electron chi connectivity index (χ1n) is 6.72. The number of anilines is 2. The van der Waals surface area contributed by atoms with E-state index in [1.165, 1.54) is 0 Å². The fourth-order valence-electron chi connectivity index (χ4n) is 1.60. The van der Waals surface area contributed by atoms with E-state index >= 15 is 0 Å². The molecule has 1 aromatic heterocycles. The molecule has 0 bridgehead atoms. The highest BCUT2D eigenvalue weighted by Gasteiger charge is 2.20. The molecule has 0 saturated carbocycles. The van der Waals surface area contributed by atoms with Crippen LogP contribution in [0.2, 0.25) is 0 Å². The lowest BCUT2D eigenvalue weighted by Crippen LogP contribution is -2.30. The van der Waals surface area contributed by atoms with E-state index in [0.29, 0.717) is 5.92 Å². The first-order chi connectivity index (χ1) is 8.77. The zero-order chi connectivity index (χ0) is 14.6. The fourth-order valence-corrected chi connectivity index (χ4v) is 1.60. The van der Waals surface area contributed by atoms with Gasteiger partial charge in [-0.05, 0) is 5.92 Å². The van der Waals surface area contributed by atoms with E-state index in [-0.39, 0.29) is 18.1 Å². The predicted molar refractivity (Wildman–Crippen MR) is 79.6 cm³/mol. The minimum Gasteiger partial charge on any atom is -0.394 e. The summed E-state index contributed by atoms with van der Waals surface area (Å²) in [4.78, 5) is 9.03. The minimum atomic E-state index is -0.115. The molecule has 1 heterocycles. The van der Waals surface area contributed by atoms with Crippen LogP contribution in [-0.4, -0.2) is 34.8 Å². The zero-order valence-corrected chi connectivity index (χ0v) is 12.8. The maximum Gasteiger partial charge on any atom is 0.138 e. The lowest BCUT2D eigenvalue weighted by Gasteiger charge is -2.23. The Morgan fingerprint density at radius 3 is 2.21 bits per heavy atom. The van der Waals surface area contributed by atoms with Gasteiger partial charge in [0.15, 0.2) is 0 Å². The van der Waals surface area contributed by atoms with Gasteiger partial charge < -0.3 is 15.7 Å². The second-order valence-electron chi connectivity index (χ2n) is 6.14. The van der Waals surface area contributed by atoms with E-state index in [0.717, 1.165) is 17.5 Å². The maximum absolute atomic E-state index is 9.39. The molecule has 0 aliphatic heterocycles. The fraction of sp³-hybridized carbons (Fsp3) is 0.714. The van der Waals surface area contributed by atoms with Crippen molar-refractivity contribution in [2.75, 3.05) is 24.3 Å². The molecule has 1 aromatic rings. The van der Waals surface area contributed by atoms with Crippen molar-refractivity contribution in [3.8, 4) is 0 Å². The smallest absolute Gasteiger partial charge is 0.138 e. The van der Waals surface area contributed by atoms with E-state index in [4.69, 9.17) is 0 Å². The number of rotatable bonds is 5. The Morgan fingerprint density at radius 2 is 1.79 bits per heavy atom. The van der Waals surface area contributed by atoms with E-state index in [2.05, 4.69) is 55.2 Å².